The molecule has 0 spiro atoms. The lowest BCUT2D eigenvalue weighted by molar-refractivity contribution is -0.121. The number of benzene rings is 1. The Morgan fingerprint density at radius 2 is 1.85 bits per heavy atom. The van der Waals surface area contributed by atoms with Crippen molar-refractivity contribution in [2.75, 3.05) is 6.54 Å². The number of carbonyl (C=O) groups excluding carboxylic acids is 2. The maximum absolute atomic E-state index is 12.2. The van der Waals surface area contributed by atoms with E-state index >= 15 is 0 Å². The van der Waals surface area contributed by atoms with Crippen LogP contribution in [-0.2, 0) is 4.79 Å². The summed E-state index contributed by atoms with van der Waals surface area (Å²) in [5.41, 5.74) is 0.191. The Bertz CT molecular complexity index is 842. The minimum atomic E-state index is -0.533. The average Bonchev–Trinajstić information content (AvgIpc) is 2.69. The van der Waals surface area contributed by atoms with Gasteiger partial charge in [0.25, 0.3) is 11.5 Å². The summed E-state index contributed by atoms with van der Waals surface area (Å²) in [6.07, 6.45) is 7.02. The molecule has 7 nitrogen and oxygen atoms in total. The lowest BCUT2D eigenvalue weighted by atomic mass is 9.95. The summed E-state index contributed by atoms with van der Waals surface area (Å²) in [6, 6.07) is 9.45. The van der Waals surface area contributed by atoms with Gasteiger partial charge in [-0.25, -0.2) is 4.98 Å². The smallest absolute Gasteiger partial charge is 0.264 e. The van der Waals surface area contributed by atoms with Crippen LogP contribution in [0.1, 0.15) is 48.9 Å². The Hall–Kier alpha value is -2.96. The molecular formula is C20H24N4O3. The van der Waals surface area contributed by atoms with Gasteiger partial charge in [-0.3, -0.25) is 14.4 Å². The zero-order valence-corrected chi connectivity index (χ0v) is 15.2. The van der Waals surface area contributed by atoms with Gasteiger partial charge in [0, 0.05) is 30.8 Å². The summed E-state index contributed by atoms with van der Waals surface area (Å²) in [4.78, 5) is 43.1. The zero-order chi connectivity index (χ0) is 19.1. The monoisotopic (exact) mass is 368 g/mol. The summed E-state index contributed by atoms with van der Waals surface area (Å²) < 4.78 is 0. The number of nitrogens with zero attached hydrogens (tertiary/aromatic N) is 1. The molecule has 1 aromatic carbocycles. The quantitative estimate of drug-likeness (QED) is 0.725. The third-order valence-electron chi connectivity index (χ3n) is 4.70. The predicted octanol–water partition coefficient (Wildman–Crippen LogP) is 2.01. The lowest BCUT2D eigenvalue weighted by Gasteiger charge is -2.22. The van der Waals surface area contributed by atoms with E-state index in [0.29, 0.717) is 5.82 Å². The van der Waals surface area contributed by atoms with Crippen molar-refractivity contribution in [3.05, 3.63) is 52.4 Å². The molecule has 0 radical (unpaired) electrons. The lowest BCUT2D eigenvalue weighted by Crippen LogP contribution is -2.38. The van der Waals surface area contributed by atoms with Crippen LogP contribution in [0.2, 0.25) is 0 Å². The van der Waals surface area contributed by atoms with Gasteiger partial charge in [-0.05, 0) is 12.8 Å². The molecule has 142 valence electrons. The van der Waals surface area contributed by atoms with Crippen LogP contribution >= 0.6 is 0 Å². The van der Waals surface area contributed by atoms with Crippen LogP contribution in [0.5, 0.6) is 0 Å². The van der Waals surface area contributed by atoms with Gasteiger partial charge in [0.2, 0.25) is 5.91 Å². The highest BCUT2D eigenvalue weighted by atomic mass is 16.2. The van der Waals surface area contributed by atoms with Crippen LogP contribution in [0.3, 0.4) is 0 Å². The minimum Gasteiger partial charge on any atom is -0.353 e. The van der Waals surface area contributed by atoms with E-state index in [1.807, 2.05) is 30.3 Å². The fourth-order valence-electron chi connectivity index (χ4n) is 3.23. The van der Waals surface area contributed by atoms with E-state index in [1.165, 1.54) is 12.6 Å². The number of hydrogen-bond donors (Lipinski definition) is 3. The van der Waals surface area contributed by atoms with Crippen LogP contribution in [0, 0.1) is 0 Å². The normalized spacial score (nSPS) is 14.5. The predicted molar refractivity (Wildman–Crippen MR) is 102 cm³/mol. The molecule has 1 aromatic heterocycles. The van der Waals surface area contributed by atoms with Crippen molar-refractivity contribution in [2.45, 2.75) is 44.6 Å². The summed E-state index contributed by atoms with van der Waals surface area (Å²) in [5.74, 6) is -0.202. The highest BCUT2D eigenvalue weighted by Gasteiger charge is 2.16. The number of carbonyl (C=O) groups is 2. The molecule has 1 heterocycles. The molecule has 1 saturated carbocycles. The van der Waals surface area contributed by atoms with E-state index in [9.17, 15) is 14.4 Å². The van der Waals surface area contributed by atoms with Crippen molar-refractivity contribution < 1.29 is 9.59 Å². The second kappa shape index (κ2) is 9.12. The van der Waals surface area contributed by atoms with Gasteiger partial charge < -0.3 is 15.6 Å². The maximum Gasteiger partial charge on any atom is 0.264 e. The maximum atomic E-state index is 12.2. The number of amides is 2. The average molecular weight is 368 g/mol. The number of rotatable bonds is 6. The topological polar surface area (TPSA) is 104 Å². The first-order chi connectivity index (χ1) is 13.1. The van der Waals surface area contributed by atoms with Gasteiger partial charge in [-0.1, -0.05) is 49.6 Å². The molecule has 2 amide bonds. The van der Waals surface area contributed by atoms with Crippen LogP contribution in [0.4, 0.5) is 0 Å². The first-order valence-corrected chi connectivity index (χ1v) is 9.36. The third kappa shape index (κ3) is 5.26. The van der Waals surface area contributed by atoms with Gasteiger partial charge >= 0.3 is 0 Å². The van der Waals surface area contributed by atoms with Crippen molar-refractivity contribution in [3.8, 4) is 11.4 Å². The van der Waals surface area contributed by atoms with Gasteiger partial charge in [-0.2, -0.15) is 0 Å². The fourth-order valence-corrected chi connectivity index (χ4v) is 3.23. The molecule has 2 aromatic rings. The molecule has 1 aliphatic carbocycles. The summed E-state index contributed by atoms with van der Waals surface area (Å²) >= 11 is 0. The molecule has 3 rings (SSSR count). The number of aromatic nitrogens is 2. The van der Waals surface area contributed by atoms with Crippen LogP contribution in [0.25, 0.3) is 11.4 Å². The molecule has 3 N–H and O–H groups in total. The highest BCUT2D eigenvalue weighted by Crippen LogP contribution is 2.17. The Kier molecular flexibility index (Phi) is 6.35. The van der Waals surface area contributed by atoms with Crippen LogP contribution in [-0.4, -0.2) is 34.4 Å². The van der Waals surface area contributed by atoms with Gasteiger partial charge in [0.05, 0.1) is 0 Å². The molecule has 0 saturated heterocycles. The van der Waals surface area contributed by atoms with E-state index in [4.69, 9.17) is 0 Å². The van der Waals surface area contributed by atoms with E-state index < -0.39 is 11.5 Å². The van der Waals surface area contributed by atoms with E-state index in [2.05, 4.69) is 20.6 Å². The molecule has 0 bridgehead atoms. The number of nitrogens with one attached hydrogen (secondary N) is 3. The molecule has 0 atom stereocenters. The van der Waals surface area contributed by atoms with Gasteiger partial charge in [-0.15, -0.1) is 0 Å². The SMILES string of the molecule is O=C(CCNC(=O)c1cnc(-c2ccccc2)[nH]c1=O)NC1CCCCC1. The highest BCUT2D eigenvalue weighted by molar-refractivity contribution is 5.93. The Morgan fingerprint density at radius 3 is 2.56 bits per heavy atom. The number of H-pyrrole nitrogens is 1. The van der Waals surface area contributed by atoms with E-state index in [1.54, 1.807) is 0 Å². The molecule has 1 aliphatic rings. The summed E-state index contributed by atoms with van der Waals surface area (Å²) in [5, 5.41) is 5.61. The minimum absolute atomic E-state index is 0.0673. The largest absolute Gasteiger partial charge is 0.353 e. The second-order valence-electron chi connectivity index (χ2n) is 6.75. The number of aromatic amines is 1. The van der Waals surface area contributed by atoms with E-state index in [0.717, 1.165) is 31.2 Å². The summed E-state index contributed by atoms with van der Waals surface area (Å²) in [7, 11) is 0. The first kappa shape index (κ1) is 18.8. The Balaban J connectivity index is 1.50. The summed E-state index contributed by atoms with van der Waals surface area (Å²) in [6.45, 7) is 0.178. The van der Waals surface area contributed by atoms with Crippen molar-refractivity contribution in [2.24, 2.45) is 0 Å². The number of hydrogen-bond acceptors (Lipinski definition) is 4. The zero-order valence-electron chi connectivity index (χ0n) is 15.2. The van der Waals surface area contributed by atoms with Crippen molar-refractivity contribution >= 4 is 11.8 Å². The molecule has 27 heavy (non-hydrogen) atoms. The van der Waals surface area contributed by atoms with Crippen molar-refractivity contribution in [3.63, 3.8) is 0 Å². The van der Waals surface area contributed by atoms with Crippen molar-refractivity contribution in [1.29, 1.82) is 0 Å². The van der Waals surface area contributed by atoms with Gasteiger partial charge in [0.15, 0.2) is 0 Å². The molecular weight excluding hydrogens is 344 g/mol. The Morgan fingerprint density at radius 1 is 1.11 bits per heavy atom. The first-order valence-electron chi connectivity index (χ1n) is 9.36. The van der Waals surface area contributed by atoms with Gasteiger partial charge in [0.1, 0.15) is 11.4 Å². The third-order valence-corrected chi connectivity index (χ3v) is 4.70. The Labute approximate surface area is 157 Å². The molecule has 0 unspecified atom stereocenters. The fraction of sp³-hybridized carbons (Fsp3) is 0.400. The molecule has 7 heteroatoms. The van der Waals surface area contributed by atoms with Crippen LogP contribution in [0.15, 0.2) is 41.3 Å². The van der Waals surface area contributed by atoms with Crippen molar-refractivity contribution in [1.82, 2.24) is 20.6 Å². The molecule has 0 aliphatic heterocycles. The van der Waals surface area contributed by atoms with Crippen LogP contribution < -0.4 is 16.2 Å². The second-order valence-corrected chi connectivity index (χ2v) is 6.75. The standard InChI is InChI=1S/C20H24N4O3/c25-17(23-15-9-5-2-6-10-15)11-12-21-19(26)16-13-22-18(24-20(16)27)14-7-3-1-4-8-14/h1,3-4,7-8,13,15H,2,5-6,9-12H2,(H,21,26)(H,23,25)(H,22,24,27). The van der Waals surface area contributed by atoms with E-state index in [-0.39, 0.29) is 30.5 Å². The molecule has 1 fully saturated rings.